The van der Waals surface area contributed by atoms with Gasteiger partial charge in [-0.05, 0) is 49.0 Å². The fraction of sp³-hybridized carbons (Fsp3) is 0.105. The fourth-order valence-electron chi connectivity index (χ4n) is 2.45. The molecule has 0 aliphatic rings. The number of benzene rings is 2. The lowest BCUT2D eigenvalue weighted by molar-refractivity contribution is 0.101. The third kappa shape index (κ3) is 5.29. The summed E-state index contributed by atoms with van der Waals surface area (Å²) >= 11 is 17.3. The molecule has 27 heavy (non-hydrogen) atoms. The van der Waals surface area contributed by atoms with Crippen molar-refractivity contribution in [1.82, 2.24) is 9.78 Å². The van der Waals surface area contributed by atoms with Crippen molar-refractivity contribution < 1.29 is 4.79 Å². The van der Waals surface area contributed by atoms with Gasteiger partial charge in [-0.25, -0.2) is 0 Å². The quantitative estimate of drug-likeness (QED) is 0.437. The summed E-state index contributed by atoms with van der Waals surface area (Å²) in [7, 11) is 0. The Hall–Kier alpha value is -2.41. The third-order valence-corrected chi connectivity index (χ3v) is 4.69. The van der Waals surface area contributed by atoms with E-state index in [4.69, 9.17) is 35.4 Å². The Morgan fingerprint density at radius 3 is 2.63 bits per heavy atom. The molecule has 8 heteroatoms. The van der Waals surface area contributed by atoms with Crippen LogP contribution in [-0.2, 0) is 6.54 Å². The summed E-state index contributed by atoms with van der Waals surface area (Å²) in [5, 5.41) is 11.9. The Morgan fingerprint density at radius 2 is 1.89 bits per heavy atom. The second-order valence-corrected chi connectivity index (χ2v) is 7.11. The highest BCUT2D eigenvalue weighted by Gasteiger charge is 2.06. The van der Waals surface area contributed by atoms with Crippen molar-refractivity contribution >= 4 is 57.7 Å². The highest BCUT2D eigenvalue weighted by atomic mass is 35.5. The molecule has 0 saturated carbocycles. The van der Waals surface area contributed by atoms with Gasteiger partial charge in [-0.2, -0.15) is 5.10 Å². The summed E-state index contributed by atoms with van der Waals surface area (Å²) in [6.45, 7) is 2.08. The van der Waals surface area contributed by atoms with Crippen LogP contribution in [0.5, 0.6) is 0 Å². The van der Waals surface area contributed by atoms with E-state index < -0.39 is 0 Å². The zero-order valence-corrected chi connectivity index (χ0v) is 16.7. The van der Waals surface area contributed by atoms with E-state index in [9.17, 15) is 4.79 Å². The fourth-order valence-corrected chi connectivity index (χ4v) is 3.01. The molecule has 3 aromatic rings. The largest absolute Gasteiger partial charge is 0.332 e. The third-order valence-electron chi connectivity index (χ3n) is 3.75. The van der Waals surface area contributed by atoms with Gasteiger partial charge in [0.1, 0.15) is 0 Å². The first-order valence-electron chi connectivity index (χ1n) is 8.06. The van der Waals surface area contributed by atoms with Gasteiger partial charge < -0.3 is 10.6 Å². The van der Waals surface area contributed by atoms with Crippen LogP contribution in [0.1, 0.15) is 22.8 Å². The Balaban J connectivity index is 1.61. The Morgan fingerprint density at radius 1 is 1.11 bits per heavy atom. The molecule has 0 aliphatic carbocycles. The minimum absolute atomic E-state index is 0.00102. The summed E-state index contributed by atoms with van der Waals surface area (Å²) in [6.07, 6.45) is 3.51. The number of halogens is 2. The van der Waals surface area contributed by atoms with Gasteiger partial charge in [0, 0.05) is 17.4 Å². The molecule has 138 valence electrons. The zero-order valence-electron chi connectivity index (χ0n) is 14.4. The first-order valence-corrected chi connectivity index (χ1v) is 9.22. The maximum absolute atomic E-state index is 11.5. The number of carbonyl (C=O) groups excluding carboxylic acids is 1. The number of hydrogen-bond acceptors (Lipinski definition) is 3. The van der Waals surface area contributed by atoms with E-state index in [1.165, 1.54) is 6.92 Å². The molecule has 5 nitrogen and oxygen atoms in total. The molecule has 0 unspecified atom stereocenters. The Labute approximate surface area is 172 Å². The van der Waals surface area contributed by atoms with E-state index in [1.807, 2.05) is 24.4 Å². The highest BCUT2D eigenvalue weighted by Crippen LogP contribution is 2.23. The number of aromatic nitrogens is 2. The number of nitrogens with one attached hydrogen (secondary N) is 2. The van der Waals surface area contributed by atoms with Gasteiger partial charge in [-0.1, -0.05) is 41.4 Å². The molecule has 1 heterocycles. The molecular weight excluding hydrogens is 403 g/mol. The summed E-state index contributed by atoms with van der Waals surface area (Å²) < 4.78 is 1.76. The van der Waals surface area contributed by atoms with E-state index in [0.29, 0.717) is 27.3 Å². The normalized spacial score (nSPS) is 10.5. The van der Waals surface area contributed by atoms with Gasteiger partial charge in [-0.3, -0.25) is 9.48 Å². The molecule has 2 aromatic carbocycles. The molecule has 1 aromatic heterocycles. The van der Waals surface area contributed by atoms with Crippen molar-refractivity contribution in [1.29, 1.82) is 0 Å². The maximum Gasteiger partial charge on any atom is 0.175 e. The van der Waals surface area contributed by atoms with Crippen molar-refractivity contribution in [2.24, 2.45) is 0 Å². The topological polar surface area (TPSA) is 59.0 Å². The second kappa shape index (κ2) is 8.52. The first-order chi connectivity index (χ1) is 12.9. The lowest BCUT2D eigenvalue weighted by Gasteiger charge is -2.09. The number of thiocarbonyl (C=S) groups is 1. The van der Waals surface area contributed by atoms with Crippen LogP contribution in [0, 0.1) is 0 Å². The van der Waals surface area contributed by atoms with E-state index in [-0.39, 0.29) is 5.78 Å². The molecule has 0 aliphatic heterocycles. The molecule has 0 bridgehead atoms. The van der Waals surface area contributed by atoms with Crippen LogP contribution in [0.2, 0.25) is 10.0 Å². The van der Waals surface area contributed by atoms with Crippen LogP contribution in [0.15, 0.2) is 54.9 Å². The number of anilines is 2. The average Bonchev–Trinajstić information content (AvgIpc) is 3.05. The van der Waals surface area contributed by atoms with Crippen LogP contribution < -0.4 is 10.6 Å². The van der Waals surface area contributed by atoms with Crippen LogP contribution in [0.3, 0.4) is 0 Å². The monoisotopic (exact) mass is 418 g/mol. The standard InChI is InChI=1S/C19H16Cl2N4OS/c1-12(26)14-3-2-4-15(8-14)23-19(27)24-16-9-22-25(11-16)10-13-5-6-17(20)18(21)7-13/h2-9,11H,10H2,1H3,(H2,23,24,27). The minimum Gasteiger partial charge on any atom is -0.332 e. The van der Waals surface area contributed by atoms with Gasteiger partial charge in [-0.15, -0.1) is 0 Å². The molecule has 0 amide bonds. The lowest BCUT2D eigenvalue weighted by Crippen LogP contribution is -2.19. The number of carbonyl (C=O) groups is 1. The van der Waals surface area contributed by atoms with E-state index in [0.717, 1.165) is 16.9 Å². The summed E-state index contributed by atoms with van der Waals surface area (Å²) in [5.74, 6) is 0.00102. The molecule has 0 saturated heterocycles. The minimum atomic E-state index is 0.00102. The van der Waals surface area contributed by atoms with Gasteiger partial charge in [0.2, 0.25) is 0 Å². The highest BCUT2D eigenvalue weighted by molar-refractivity contribution is 7.80. The average molecular weight is 419 g/mol. The van der Waals surface area contributed by atoms with Crippen LogP contribution in [0.25, 0.3) is 0 Å². The van der Waals surface area contributed by atoms with Crippen LogP contribution >= 0.6 is 35.4 Å². The Bertz CT molecular complexity index is 1000. The van der Waals surface area contributed by atoms with Crippen molar-refractivity contribution in [2.45, 2.75) is 13.5 Å². The summed E-state index contributed by atoms with van der Waals surface area (Å²) in [4.78, 5) is 11.5. The van der Waals surface area contributed by atoms with Gasteiger partial charge in [0.15, 0.2) is 10.9 Å². The molecule has 2 N–H and O–H groups in total. The summed E-state index contributed by atoms with van der Waals surface area (Å²) in [6, 6.07) is 12.6. The number of nitrogens with zero attached hydrogens (tertiary/aromatic N) is 2. The van der Waals surface area contributed by atoms with Gasteiger partial charge in [0.25, 0.3) is 0 Å². The summed E-state index contributed by atoms with van der Waals surface area (Å²) in [5.41, 5.74) is 3.09. The molecule has 0 spiro atoms. The smallest absolute Gasteiger partial charge is 0.175 e. The van der Waals surface area contributed by atoms with Crippen LogP contribution in [-0.4, -0.2) is 20.7 Å². The number of Topliss-reactive ketones (excluding diaryl/α,β-unsaturated/α-hetero) is 1. The van der Waals surface area contributed by atoms with Crippen molar-refractivity contribution in [3.8, 4) is 0 Å². The number of rotatable bonds is 5. The first kappa shape index (κ1) is 19.4. The second-order valence-electron chi connectivity index (χ2n) is 5.89. The van der Waals surface area contributed by atoms with Crippen molar-refractivity contribution in [2.75, 3.05) is 10.6 Å². The molecular formula is C19H16Cl2N4OS. The molecule has 0 atom stereocenters. The van der Waals surface area contributed by atoms with Gasteiger partial charge >= 0.3 is 0 Å². The molecule has 3 rings (SSSR count). The van der Waals surface area contributed by atoms with E-state index >= 15 is 0 Å². The van der Waals surface area contributed by atoms with Crippen LogP contribution in [0.4, 0.5) is 11.4 Å². The predicted molar refractivity (Wildman–Crippen MR) is 114 cm³/mol. The van der Waals surface area contributed by atoms with Crippen molar-refractivity contribution in [3.05, 3.63) is 76.0 Å². The van der Waals surface area contributed by atoms with Gasteiger partial charge in [0.05, 0.1) is 28.5 Å². The van der Waals surface area contributed by atoms with E-state index in [2.05, 4.69) is 15.7 Å². The SMILES string of the molecule is CC(=O)c1cccc(NC(=S)Nc2cnn(Cc3ccc(Cl)c(Cl)c3)c2)c1. The predicted octanol–water partition coefficient (Wildman–Crippen LogP) is 5.25. The Kier molecular flexibility index (Phi) is 6.11. The molecule has 0 fully saturated rings. The lowest BCUT2D eigenvalue weighted by atomic mass is 10.1. The number of hydrogen-bond donors (Lipinski definition) is 2. The van der Waals surface area contributed by atoms with E-state index in [1.54, 1.807) is 35.1 Å². The zero-order chi connectivity index (χ0) is 19.4. The van der Waals surface area contributed by atoms with Crippen molar-refractivity contribution in [3.63, 3.8) is 0 Å². The number of ketones is 1. The molecule has 0 radical (unpaired) electrons. The maximum atomic E-state index is 11.5.